The third-order valence-corrected chi connectivity index (χ3v) is 1.23. The Kier molecular flexibility index (Phi) is 2.70. The van der Waals surface area contributed by atoms with E-state index in [1.54, 1.807) is 0 Å². The number of aliphatic hydroxyl groups excluding tert-OH is 1. The van der Waals surface area contributed by atoms with Crippen LogP contribution in [0, 0.1) is 10.1 Å². The van der Waals surface area contributed by atoms with Crippen molar-refractivity contribution in [2.45, 2.75) is 13.0 Å². The zero-order valence-corrected chi connectivity index (χ0v) is 6.25. The zero-order chi connectivity index (χ0) is 8.97. The minimum Gasteiger partial charge on any atom is -0.396 e. The van der Waals surface area contributed by atoms with Gasteiger partial charge in [0.05, 0.1) is 6.54 Å². The standard InChI is InChI=1S/C5H8N4O3/c10-3-1-2-8-4-6-5(7-8)9(11)12/h4,10H,1-3H2. The molecule has 0 fully saturated rings. The van der Waals surface area contributed by atoms with Crippen molar-refractivity contribution >= 4 is 5.95 Å². The Hall–Kier alpha value is -1.50. The fourth-order valence-corrected chi connectivity index (χ4v) is 0.709. The van der Waals surface area contributed by atoms with Crippen molar-refractivity contribution in [3.8, 4) is 0 Å². The number of hydrogen-bond donors (Lipinski definition) is 1. The molecule has 1 N–H and O–H groups in total. The molecule has 7 heteroatoms. The number of nitrogens with zero attached hydrogens (tertiary/aromatic N) is 4. The van der Waals surface area contributed by atoms with Crippen molar-refractivity contribution in [2.75, 3.05) is 6.61 Å². The maximum absolute atomic E-state index is 10.1. The maximum Gasteiger partial charge on any atom is 0.490 e. The maximum atomic E-state index is 10.1. The highest BCUT2D eigenvalue weighted by molar-refractivity contribution is 4.96. The molecule has 0 amide bonds. The van der Waals surface area contributed by atoms with Crippen LogP contribution in [0.3, 0.4) is 0 Å². The van der Waals surface area contributed by atoms with Crippen molar-refractivity contribution in [1.82, 2.24) is 14.8 Å². The molecule has 0 radical (unpaired) electrons. The van der Waals surface area contributed by atoms with Crippen LogP contribution in [0.4, 0.5) is 5.95 Å². The third kappa shape index (κ3) is 1.99. The van der Waals surface area contributed by atoms with E-state index in [1.165, 1.54) is 11.0 Å². The van der Waals surface area contributed by atoms with Gasteiger partial charge in [-0.1, -0.05) is 4.98 Å². The first-order valence-corrected chi connectivity index (χ1v) is 3.38. The van der Waals surface area contributed by atoms with E-state index in [2.05, 4.69) is 10.1 Å². The summed E-state index contributed by atoms with van der Waals surface area (Å²) in [6, 6.07) is 0. The molecular formula is C5H8N4O3. The summed E-state index contributed by atoms with van der Waals surface area (Å²) in [4.78, 5) is 12.9. The largest absolute Gasteiger partial charge is 0.490 e. The van der Waals surface area contributed by atoms with Gasteiger partial charge in [-0.2, -0.15) is 4.68 Å². The summed E-state index contributed by atoms with van der Waals surface area (Å²) in [5.41, 5.74) is 0. The van der Waals surface area contributed by atoms with Gasteiger partial charge in [0.1, 0.15) is 0 Å². The lowest BCUT2D eigenvalue weighted by Crippen LogP contribution is -2.01. The Morgan fingerprint density at radius 2 is 2.50 bits per heavy atom. The number of aromatic nitrogens is 3. The normalized spacial score (nSPS) is 10.1. The van der Waals surface area contributed by atoms with Crippen LogP contribution in [0.5, 0.6) is 0 Å². The van der Waals surface area contributed by atoms with Crippen molar-refractivity contribution in [1.29, 1.82) is 0 Å². The van der Waals surface area contributed by atoms with Gasteiger partial charge in [0, 0.05) is 11.7 Å². The van der Waals surface area contributed by atoms with Gasteiger partial charge in [-0.15, -0.1) is 0 Å². The molecule has 1 heterocycles. The summed E-state index contributed by atoms with van der Waals surface area (Å²) in [6.07, 6.45) is 1.79. The quantitative estimate of drug-likeness (QED) is 0.491. The first kappa shape index (κ1) is 8.60. The molecule has 1 aromatic heterocycles. The van der Waals surface area contributed by atoms with Gasteiger partial charge in [0.2, 0.25) is 6.33 Å². The average molecular weight is 172 g/mol. The number of hydrogen-bond acceptors (Lipinski definition) is 5. The molecule has 66 valence electrons. The highest BCUT2D eigenvalue weighted by Gasteiger charge is 2.11. The fourth-order valence-electron chi connectivity index (χ4n) is 0.709. The van der Waals surface area contributed by atoms with E-state index >= 15 is 0 Å². The number of nitro groups is 1. The average Bonchev–Trinajstić information content (AvgIpc) is 2.48. The molecule has 0 atom stereocenters. The van der Waals surface area contributed by atoms with Gasteiger partial charge in [0.15, 0.2) is 0 Å². The van der Waals surface area contributed by atoms with E-state index in [4.69, 9.17) is 5.11 Å². The minimum atomic E-state index is -0.657. The van der Waals surface area contributed by atoms with Gasteiger partial charge in [-0.25, -0.2) is 0 Å². The molecule has 0 aliphatic rings. The zero-order valence-electron chi connectivity index (χ0n) is 6.25. The Balaban J connectivity index is 2.58. The van der Waals surface area contributed by atoms with Crippen LogP contribution in [0.1, 0.15) is 6.42 Å². The molecule has 0 aromatic carbocycles. The summed E-state index contributed by atoms with van der Waals surface area (Å²) in [7, 11) is 0. The molecule has 0 aliphatic heterocycles. The fraction of sp³-hybridized carbons (Fsp3) is 0.600. The predicted molar refractivity (Wildman–Crippen MR) is 38.4 cm³/mol. The van der Waals surface area contributed by atoms with Crippen LogP contribution < -0.4 is 0 Å². The molecular weight excluding hydrogens is 164 g/mol. The van der Waals surface area contributed by atoms with Crippen LogP contribution in [0.15, 0.2) is 6.33 Å². The van der Waals surface area contributed by atoms with E-state index < -0.39 is 10.9 Å². The topological polar surface area (TPSA) is 94.1 Å². The van der Waals surface area contributed by atoms with Crippen LogP contribution in [-0.4, -0.2) is 31.4 Å². The Morgan fingerprint density at radius 1 is 1.75 bits per heavy atom. The number of aryl methyl sites for hydroxylation is 1. The molecule has 0 unspecified atom stereocenters. The summed E-state index contributed by atoms with van der Waals surface area (Å²) >= 11 is 0. The van der Waals surface area contributed by atoms with Gasteiger partial charge < -0.3 is 15.2 Å². The van der Waals surface area contributed by atoms with Gasteiger partial charge in [0.25, 0.3) is 0 Å². The highest BCUT2D eigenvalue weighted by Crippen LogP contribution is 1.99. The summed E-state index contributed by atoms with van der Waals surface area (Å²) in [5.74, 6) is -0.409. The number of aliphatic hydroxyl groups is 1. The third-order valence-electron chi connectivity index (χ3n) is 1.23. The van der Waals surface area contributed by atoms with E-state index in [0.29, 0.717) is 13.0 Å². The molecule has 0 saturated heterocycles. The minimum absolute atomic E-state index is 0.0354. The Morgan fingerprint density at radius 3 is 3.00 bits per heavy atom. The van der Waals surface area contributed by atoms with E-state index in [1.807, 2.05) is 0 Å². The van der Waals surface area contributed by atoms with E-state index in [9.17, 15) is 10.1 Å². The van der Waals surface area contributed by atoms with Crippen LogP contribution >= 0.6 is 0 Å². The van der Waals surface area contributed by atoms with Crippen molar-refractivity contribution < 1.29 is 10.0 Å². The first-order valence-electron chi connectivity index (χ1n) is 3.38. The monoisotopic (exact) mass is 172 g/mol. The van der Waals surface area contributed by atoms with Crippen molar-refractivity contribution in [2.24, 2.45) is 0 Å². The van der Waals surface area contributed by atoms with Crippen molar-refractivity contribution in [3.63, 3.8) is 0 Å². The van der Waals surface area contributed by atoms with E-state index in [-0.39, 0.29) is 6.61 Å². The lowest BCUT2D eigenvalue weighted by atomic mass is 10.5. The molecule has 12 heavy (non-hydrogen) atoms. The van der Waals surface area contributed by atoms with E-state index in [0.717, 1.165) is 0 Å². The molecule has 1 aromatic rings. The highest BCUT2D eigenvalue weighted by atomic mass is 16.6. The van der Waals surface area contributed by atoms with Crippen LogP contribution in [0.2, 0.25) is 0 Å². The second-order valence-electron chi connectivity index (χ2n) is 2.14. The molecule has 1 rings (SSSR count). The van der Waals surface area contributed by atoms with Crippen LogP contribution in [-0.2, 0) is 6.54 Å². The Bertz CT molecular complexity index is 271. The lowest BCUT2D eigenvalue weighted by molar-refractivity contribution is -0.394. The Labute approximate surface area is 67.8 Å². The summed E-state index contributed by atoms with van der Waals surface area (Å²) in [5, 5.41) is 22.1. The molecule has 7 nitrogen and oxygen atoms in total. The predicted octanol–water partition coefficient (Wildman–Crippen LogP) is -0.431. The van der Waals surface area contributed by atoms with Crippen molar-refractivity contribution in [3.05, 3.63) is 16.4 Å². The van der Waals surface area contributed by atoms with Gasteiger partial charge in [-0.3, -0.25) is 0 Å². The molecule has 0 spiro atoms. The van der Waals surface area contributed by atoms with Gasteiger partial charge >= 0.3 is 5.95 Å². The first-order chi connectivity index (χ1) is 5.74. The van der Waals surface area contributed by atoms with Crippen LogP contribution in [0.25, 0.3) is 0 Å². The summed E-state index contributed by atoms with van der Waals surface area (Å²) < 4.78 is 1.33. The molecule has 0 aliphatic carbocycles. The molecule has 0 bridgehead atoms. The second-order valence-corrected chi connectivity index (χ2v) is 2.14. The number of rotatable bonds is 4. The second kappa shape index (κ2) is 3.77. The SMILES string of the molecule is O=[N+]([O-])c1ncn(CCCO)n1. The van der Waals surface area contributed by atoms with Gasteiger partial charge in [-0.05, 0) is 11.3 Å². The lowest BCUT2D eigenvalue weighted by Gasteiger charge is -1.90. The summed E-state index contributed by atoms with van der Waals surface area (Å²) in [6.45, 7) is 0.477. The molecule has 0 saturated carbocycles. The smallest absolute Gasteiger partial charge is 0.396 e.